The van der Waals surface area contributed by atoms with Crippen molar-refractivity contribution < 1.29 is 119 Å². The topological polar surface area (TPSA) is 332 Å². The summed E-state index contributed by atoms with van der Waals surface area (Å²) < 4.78 is 109. The molecule has 2 atom stereocenters. The molecular weight excluding hydrogens is 1220 g/mol. The molecule has 0 aliphatic carbocycles. The predicted molar refractivity (Wildman–Crippen MR) is 333 cm³/mol. The van der Waals surface area contributed by atoms with E-state index < -0.39 is 46.7 Å². The molecule has 528 valence electrons. The molecule has 30 heteroatoms. The average Bonchev–Trinajstić information content (AvgIpc) is 1.20. The van der Waals surface area contributed by atoms with Crippen LogP contribution in [0.2, 0.25) is 0 Å². The first kappa shape index (κ1) is 82.7. The van der Waals surface area contributed by atoms with Crippen molar-refractivity contribution in [1.82, 2.24) is 10.6 Å². The Labute approximate surface area is 541 Å². The van der Waals surface area contributed by atoms with Gasteiger partial charge in [-0.1, -0.05) is 19.9 Å². The van der Waals surface area contributed by atoms with Gasteiger partial charge in [0.05, 0.1) is 223 Å². The molecular formula is C62H104N4O26. The van der Waals surface area contributed by atoms with Gasteiger partial charge in [-0.05, 0) is 75.4 Å². The molecule has 0 saturated carbocycles. The zero-order valence-corrected chi connectivity index (χ0v) is 55.1. The number of nitrogens with zero attached hydrogens (tertiary/aromatic N) is 1. The largest absolute Gasteiger partial charge is 0.514 e. The van der Waals surface area contributed by atoms with Crippen molar-refractivity contribution in [2.75, 3.05) is 230 Å². The minimum Gasteiger partial charge on any atom is -0.444 e. The third-order valence-electron chi connectivity index (χ3n) is 12.0. The van der Waals surface area contributed by atoms with Crippen LogP contribution in [-0.2, 0) is 113 Å². The number of nitro groups is 1. The summed E-state index contributed by atoms with van der Waals surface area (Å²) in [4.78, 5) is 61.9. The van der Waals surface area contributed by atoms with Crippen LogP contribution in [0.4, 0.5) is 21.0 Å². The lowest BCUT2D eigenvalue weighted by molar-refractivity contribution is -0.384. The zero-order valence-electron chi connectivity index (χ0n) is 55.1. The first-order valence-corrected chi connectivity index (χ1v) is 31.1. The molecule has 0 bridgehead atoms. The highest BCUT2D eigenvalue weighted by atomic mass is 16.7. The summed E-state index contributed by atoms with van der Waals surface area (Å²) >= 11 is 0. The normalized spacial score (nSPS) is 12.2. The number of rotatable bonds is 61. The second-order valence-corrected chi connectivity index (χ2v) is 21.0. The fraction of sp³-hybridized carbons (Fsp3) is 0.742. The second-order valence-electron chi connectivity index (χ2n) is 21.0. The van der Waals surface area contributed by atoms with E-state index >= 15 is 0 Å². The lowest BCUT2D eigenvalue weighted by Gasteiger charge is -2.26. The highest BCUT2D eigenvalue weighted by molar-refractivity contribution is 5.98. The molecule has 0 spiro atoms. The molecule has 0 radical (unpaired) electrons. The van der Waals surface area contributed by atoms with Crippen molar-refractivity contribution in [3.63, 3.8) is 0 Å². The van der Waals surface area contributed by atoms with Crippen LogP contribution in [0.25, 0.3) is 0 Å². The Bertz CT molecular complexity index is 2180. The van der Waals surface area contributed by atoms with E-state index in [9.17, 15) is 29.3 Å². The Hall–Kier alpha value is -5.36. The molecule has 0 aliphatic rings. The van der Waals surface area contributed by atoms with Crippen molar-refractivity contribution >= 4 is 35.4 Å². The smallest absolute Gasteiger partial charge is 0.444 e. The van der Waals surface area contributed by atoms with Crippen LogP contribution in [0.5, 0.6) is 5.75 Å². The molecule has 3 N–H and O–H groups in total. The van der Waals surface area contributed by atoms with Crippen LogP contribution in [0.1, 0.15) is 52.7 Å². The van der Waals surface area contributed by atoms with Crippen LogP contribution < -0.4 is 20.7 Å². The van der Waals surface area contributed by atoms with Gasteiger partial charge in [-0.2, -0.15) is 0 Å². The van der Waals surface area contributed by atoms with Crippen molar-refractivity contribution in [3.05, 3.63) is 63.7 Å². The van der Waals surface area contributed by atoms with E-state index in [-0.39, 0.29) is 37.2 Å². The van der Waals surface area contributed by atoms with Crippen LogP contribution in [-0.4, -0.2) is 272 Å². The van der Waals surface area contributed by atoms with Gasteiger partial charge >= 0.3 is 12.2 Å². The summed E-state index contributed by atoms with van der Waals surface area (Å²) in [5, 5.41) is 19.0. The number of hydrogen-bond donors (Lipinski definition) is 3. The van der Waals surface area contributed by atoms with E-state index in [0.29, 0.717) is 228 Å². The molecule has 0 fully saturated rings. The standard InChI is InChI=1S/C62H104N4O26/c1-50(2)57(65-60(69)92-62(4,5)6)59(68)63-51(3)58(67)64-54-9-8-53(49-90-61(70)91-56-12-10-55(11-13-56)66(71)72)52(48-54)14-15-74-18-19-76-22-23-78-26-27-80-30-31-82-34-35-84-38-39-86-42-43-88-46-47-89-45-44-87-41-40-85-37-36-83-33-32-81-29-28-79-25-24-77-21-20-75-17-16-73-7/h8-13,48,50-51,57H,14-47,49H2,1-7H3,(H,63,68)(H,64,67)(H,65,69)/t51-,57-/m0/s1. The lowest BCUT2D eigenvalue weighted by atomic mass is 10.0. The molecule has 92 heavy (non-hydrogen) atoms. The van der Waals surface area contributed by atoms with Gasteiger partial charge in [-0.3, -0.25) is 19.7 Å². The molecule has 3 amide bonds. The molecule has 0 aliphatic heterocycles. The van der Waals surface area contributed by atoms with Crippen molar-refractivity contribution in [2.45, 2.75) is 72.3 Å². The number of nitro benzene ring substituents is 1. The van der Waals surface area contributed by atoms with Gasteiger partial charge in [-0.25, -0.2) is 9.59 Å². The number of anilines is 1. The van der Waals surface area contributed by atoms with Gasteiger partial charge in [0.1, 0.15) is 30.0 Å². The number of benzene rings is 2. The third-order valence-corrected chi connectivity index (χ3v) is 12.0. The average molecular weight is 1320 g/mol. The quantitative estimate of drug-likeness (QED) is 0.0264. The monoisotopic (exact) mass is 1320 g/mol. The number of ether oxygens (including phenoxy) is 20. The Morgan fingerprint density at radius 1 is 0.457 bits per heavy atom. The second kappa shape index (κ2) is 56.0. The van der Waals surface area contributed by atoms with E-state index in [2.05, 4.69) is 16.0 Å². The van der Waals surface area contributed by atoms with Crippen LogP contribution in [0, 0.1) is 16.0 Å². The number of hydrogen-bond acceptors (Lipinski definition) is 26. The van der Waals surface area contributed by atoms with Crippen molar-refractivity contribution in [2.24, 2.45) is 5.92 Å². The Kier molecular flexibility index (Phi) is 50.4. The molecule has 0 saturated heterocycles. The van der Waals surface area contributed by atoms with Crippen LogP contribution in [0.3, 0.4) is 0 Å². The van der Waals surface area contributed by atoms with Crippen molar-refractivity contribution in [3.8, 4) is 5.75 Å². The number of amides is 3. The highest BCUT2D eigenvalue weighted by Crippen LogP contribution is 2.21. The third kappa shape index (κ3) is 47.5. The van der Waals surface area contributed by atoms with Gasteiger partial charge in [0, 0.05) is 24.9 Å². The number of nitrogens with one attached hydrogen (secondary N) is 3. The van der Waals surface area contributed by atoms with Crippen LogP contribution in [0.15, 0.2) is 42.5 Å². The molecule has 0 heterocycles. The molecule has 30 nitrogen and oxygen atoms in total. The molecule has 0 aromatic heterocycles. The van der Waals surface area contributed by atoms with E-state index in [4.69, 9.17) is 94.7 Å². The fourth-order valence-electron chi connectivity index (χ4n) is 7.29. The van der Waals surface area contributed by atoms with E-state index in [1.807, 2.05) is 0 Å². The van der Waals surface area contributed by atoms with Gasteiger partial charge in [0.15, 0.2) is 0 Å². The highest BCUT2D eigenvalue weighted by Gasteiger charge is 2.29. The number of carbonyl (C=O) groups is 4. The number of methoxy groups -OCH3 is 1. The molecule has 2 aromatic carbocycles. The number of carbonyl (C=O) groups excluding carboxylic acids is 4. The zero-order chi connectivity index (χ0) is 67.0. The summed E-state index contributed by atoms with van der Waals surface area (Å²) in [7, 11) is 1.64. The summed E-state index contributed by atoms with van der Waals surface area (Å²) in [6.45, 7) is 24.7. The molecule has 0 unspecified atom stereocenters. The van der Waals surface area contributed by atoms with Crippen LogP contribution >= 0.6 is 0 Å². The summed E-state index contributed by atoms with van der Waals surface area (Å²) in [6, 6.07) is 7.94. The first-order chi connectivity index (χ1) is 44.6. The van der Waals surface area contributed by atoms with E-state index in [1.54, 1.807) is 59.9 Å². The minimum absolute atomic E-state index is 0.0524. The van der Waals surface area contributed by atoms with Gasteiger partial charge in [-0.15, -0.1) is 0 Å². The maximum Gasteiger partial charge on any atom is 0.514 e. The summed E-state index contributed by atoms with van der Waals surface area (Å²) in [5.41, 5.74) is 0.696. The summed E-state index contributed by atoms with van der Waals surface area (Å²) in [5.74, 6) is -1.36. The number of non-ortho nitro benzene ring substituents is 1. The Morgan fingerprint density at radius 2 is 0.804 bits per heavy atom. The summed E-state index contributed by atoms with van der Waals surface area (Å²) in [6.07, 6.45) is -1.46. The first-order valence-electron chi connectivity index (χ1n) is 31.1. The maximum atomic E-state index is 13.3. The fourth-order valence-corrected chi connectivity index (χ4v) is 7.29. The van der Waals surface area contributed by atoms with Gasteiger partial charge in [0.25, 0.3) is 5.69 Å². The Morgan fingerprint density at radius 3 is 1.13 bits per heavy atom. The van der Waals surface area contributed by atoms with Gasteiger partial charge < -0.3 is 111 Å². The molecule has 2 rings (SSSR count). The lowest BCUT2D eigenvalue weighted by Crippen LogP contribution is -2.54. The van der Waals surface area contributed by atoms with Crippen molar-refractivity contribution in [1.29, 1.82) is 0 Å². The maximum absolute atomic E-state index is 13.3. The van der Waals surface area contributed by atoms with E-state index in [1.165, 1.54) is 31.2 Å². The minimum atomic E-state index is -1.04. The molecule has 2 aromatic rings. The van der Waals surface area contributed by atoms with Gasteiger partial charge in [0.2, 0.25) is 11.8 Å². The van der Waals surface area contributed by atoms with E-state index in [0.717, 1.165) is 0 Å². The Balaban J connectivity index is 1.43. The number of alkyl carbamates (subject to hydrolysis) is 1. The predicted octanol–water partition coefficient (Wildman–Crippen LogP) is 4.76. The SMILES string of the molecule is COCCOCCOCCOCCOCCOCCOCCOCCOCCOCCOCCOCCOCCOCCOCCOCCOCCc1cc(NC(=O)[C@H](C)NC(=O)[C@@H](NC(=O)OC(C)(C)C)C(C)C)ccc1COC(=O)Oc1ccc([N+](=O)[O-])cc1.